The highest BCUT2D eigenvalue weighted by Crippen LogP contribution is 2.17. The van der Waals surface area contributed by atoms with Gasteiger partial charge in [0, 0.05) is 30.2 Å². The van der Waals surface area contributed by atoms with Gasteiger partial charge >= 0.3 is 0 Å². The Balaban J connectivity index is 2.14. The van der Waals surface area contributed by atoms with Gasteiger partial charge < -0.3 is 5.32 Å². The van der Waals surface area contributed by atoms with E-state index in [9.17, 15) is 0 Å². The van der Waals surface area contributed by atoms with Crippen molar-refractivity contribution < 1.29 is 0 Å². The molecule has 2 aromatic heterocycles. The van der Waals surface area contributed by atoms with E-state index in [4.69, 9.17) is 11.6 Å². The summed E-state index contributed by atoms with van der Waals surface area (Å²) in [7, 11) is 0. The van der Waals surface area contributed by atoms with Gasteiger partial charge in [0.25, 0.3) is 0 Å². The van der Waals surface area contributed by atoms with Crippen molar-refractivity contribution in [3.05, 3.63) is 46.6 Å². The van der Waals surface area contributed by atoms with Gasteiger partial charge in [-0.05, 0) is 37.1 Å². The minimum absolute atomic E-state index is 0.266. The standard InChI is InChI=1S/C12H13ClN4/c1-8-9(2)16-12(13)17-11(8)15-7-10-4-3-5-14-6-10/h3-6H,7H2,1-2H3,(H,15,16,17). The minimum atomic E-state index is 0.266. The summed E-state index contributed by atoms with van der Waals surface area (Å²) in [5.41, 5.74) is 3.00. The molecule has 2 rings (SSSR count). The predicted octanol–water partition coefficient (Wildman–Crippen LogP) is 2.75. The molecule has 0 aliphatic heterocycles. The van der Waals surface area contributed by atoms with Crippen molar-refractivity contribution >= 4 is 17.4 Å². The molecule has 5 heteroatoms. The van der Waals surface area contributed by atoms with Gasteiger partial charge in [0.15, 0.2) is 0 Å². The van der Waals surface area contributed by atoms with Crippen LogP contribution in [0.5, 0.6) is 0 Å². The molecule has 2 heterocycles. The quantitative estimate of drug-likeness (QED) is 0.849. The fourth-order valence-corrected chi connectivity index (χ4v) is 1.67. The van der Waals surface area contributed by atoms with Crippen LogP contribution >= 0.6 is 11.6 Å². The van der Waals surface area contributed by atoms with Crippen molar-refractivity contribution in [3.8, 4) is 0 Å². The molecule has 0 radical (unpaired) electrons. The van der Waals surface area contributed by atoms with Crippen molar-refractivity contribution in [2.45, 2.75) is 20.4 Å². The van der Waals surface area contributed by atoms with Gasteiger partial charge in [-0.2, -0.15) is 0 Å². The number of nitrogens with one attached hydrogen (secondary N) is 1. The zero-order chi connectivity index (χ0) is 12.3. The predicted molar refractivity (Wildman–Crippen MR) is 68.1 cm³/mol. The van der Waals surface area contributed by atoms with Crippen LogP contribution in [0.4, 0.5) is 5.82 Å². The summed E-state index contributed by atoms with van der Waals surface area (Å²) >= 11 is 5.83. The molecule has 4 nitrogen and oxygen atoms in total. The normalized spacial score (nSPS) is 10.3. The van der Waals surface area contributed by atoms with E-state index < -0.39 is 0 Å². The largest absolute Gasteiger partial charge is 0.366 e. The summed E-state index contributed by atoms with van der Waals surface area (Å²) in [5.74, 6) is 0.770. The molecule has 1 N–H and O–H groups in total. The average Bonchev–Trinajstić information content (AvgIpc) is 2.33. The molecule has 17 heavy (non-hydrogen) atoms. The first-order chi connectivity index (χ1) is 8.16. The van der Waals surface area contributed by atoms with Gasteiger partial charge in [-0.15, -0.1) is 0 Å². The number of hydrogen-bond acceptors (Lipinski definition) is 4. The number of nitrogens with zero attached hydrogens (tertiary/aromatic N) is 3. The number of rotatable bonds is 3. The summed E-state index contributed by atoms with van der Waals surface area (Å²) in [4.78, 5) is 12.3. The van der Waals surface area contributed by atoms with Crippen molar-refractivity contribution in [1.29, 1.82) is 0 Å². The second-order valence-corrected chi connectivity index (χ2v) is 4.10. The van der Waals surface area contributed by atoms with Crippen molar-refractivity contribution in [3.63, 3.8) is 0 Å². The van der Waals surface area contributed by atoms with E-state index in [-0.39, 0.29) is 5.28 Å². The van der Waals surface area contributed by atoms with E-state index in [1.807, 2.05) is 32.2 Å². The van der Waals surface area contributed by atoms with Crippen LogP contribution in [0.3, 0.4) is 0 Å². The fourth-order valence-electron chi connectivity index (χ4n) is 1.46. The molecule has 0 fully saturated rings. The van der Waals surface area contributed by atoms with E-state index >= 15 is 0 Å². The highest BCUT2D eigenvalue weighted by atomic mass is 35.5. The monoisotopic (exact) mass is 248 g/mol. The van der Waals surface area contributed by atoms with Crippen LogP contribution in [0.2, 0.25) is 5.28 Å². The average molecular weight is 249 g/mol. The number of halogens is 1. The second-order valence-electron chi connectivity index (χ2n) is 3.77. The molecule has 88 valence electrons. The molecular weight excluding hydrogens is 236 g/mol. The molecule has 0 aromatic carbocycles. The van der Waals surface area contributed by atoms with E-state index in [0.29, 0.717) is 6.54 Å². The molecule has 0 saturated carbocycles. The van der Waals surface area contributed by atoms with Gasteiger partial charge in [-0.25, -0.2) is 9.97 Å². The number of pyridine rings is 1. The Morgan fingerprint density at radius 2 is 2.12 bits per heavy atom. The van der Waals surface area contributed by atoms with Crippen molar-refractivity contribution in [2.24, 2.45) is 0 Å². The lowest BCUT2D eigenvalue weighted by Gasteiger charge is -2.10. The number of hydrogen-bond donors (Lipinski definition) is 1. The minimum Gasteiger partial charge on any atom is -0.366 e. The third-order valence-corrected chi connectivity index (χ3v) is 2.71. The van der Waals surface area contributed by atoms with Crippen LogP contribution in [0.1, 0.15) is 16.8 Å². The van der Waals surface area contributed by atoms with Gasteiger partial charge in [0.2, 0.25) is 5.28 Å². The van der Waals surface area contributed by atoms with Crippen LogP contribution in [-0.4, -0.2) is 15.0 Å². The van der Waals surface area contributed by atoms with E-state index in [1.165, 1.54) is 0 Å². The first-order valence-corrected chi connectivity index (χ1v) is 5.68. The Kier molecular flexibility index (Phi) is 3.54. The topological polar surface area (TPSA) is 50.7 Å². The molecule has 0 bridgehead atoms. The number of anilines is 1. The molecule has 0 aliphatic carbocycles. The second kappa shape index (κ2) is 5.10. The van der Waals surface area contributed by atoms with Gasteiger partial charge in [-0.3, -0.25) is 4.98 Å². The van der Waals surface area contributed by atoms with Crippen LogP contribution < -0.4 is 5.32 Å². The van der Waals surface area contributed by atoms with Gasteiger partial charge in [-0.1, -0.05) is 6.07 Å². The maximum atomic E-state index is 5.83. The molecule has 0 amide bonds. The summed E-state index contributed by atoms with van der Waals surface area (Å²) in [6, 6.07) is 3.91. The maximum absolute atomic E-state index is 5.83. The van der Waals surface area contributed by atoms with E-state index in [0.717, 1.165) is 22.6 Å². The lowest BCUT2D eigenvalue weighted by Crippen LogP contribution is -2.06. The maximum Gasteiger partial charge on any atom is 0.224 e. The van der Waals surface area contributed by atoms with Gasteiger partial charge in [0.1, 0.15) is 5.82 Å². The lowest BCUT2D eigenvalue weighted by atomic mass is 10.2. The molecular formula is C12H13ClN4. The number of aryl methyl sites for hydroxylation is 1. The third-order valence-electron chi connectivity index (χ3n) is 2.54. The van der Waals surface area contributed by atoms with Crippen molar-refractivity contribution in [2.75, 3.05) is 5.32 Å². The summed E-state index contributed by atoms with van der Waals surface area (Å²) in [6.07, 6.45) is 3.57. The zero-order valence-corrected chi connectivity index (χ0v) is 10.5. The van der Waals surface area contributed by atoms with Crippen LogP contribution in [0, 0.1) is 13.8 Å². The summed E-state index contributed by atoms with van der Waals surface area (Å²) < 4.78 is 0. The fraction of sp³-hybridized carbons (Fsp3) is 0.250. The van der Waals surface area contributed by atoms with E-state index in [1.54, 1.807) is 6.20 Å². The molecule has 0 atom stereocenters. The summed E-state index contributed by atoms with van der Waals surface area (Å²) in [5, 5.41) is 3.50. The first-order valence-electron chi connectivity index (χ1n) is 5.30. The lowest BCUT2D eigenvalue weighted by molar-refractivity contribution is 1.02. The Morgan fingerprint density at radius 3 is 2.82 bits per heavy atom. The van der Waals surface area contributed by atoms with Crippen LogP contribution in [0.25, 0.3) is 0 Å². The zero-order valence-electron chi connectivity index (χ0n) is 9.74. The Morgan fingerprint density at radius 1 is 1.29 bits per heavy atom. The third kappa shape index (κ3) is 2.91. The molecule has 0 aliphatic rings. The smallest absolute Gasteiger partial charge is 0.224 e. The Labute approximate surface area is 105 Å². The molecule has 0 saturated heterocycles. The first kappa shape index (κ1) is 11.8. The molecule has 2 aromatic rings. The molecule has 0 spiro atoms. The highest BCUT2D eigenvalue weighted by Gasteiger charge is 2.06. The number of aromatic nitrogens is 3. The summed E-state index contributed by atoms with van der Waals surface area (Å²) in [6.45, 7) is 4.55. The van der Waals surface area contributed by atoms with Crippen LogP contribution in [-0.2, 0) is 6.54 Å². The Bertz CT molecular complexity index is 513. The van der Waals surface area contributed by atoms with E-state index in [2.05, 4.69) is 20.3 Å². The Hall–Kier alpha value is -1.68. The van der Waals surface area contributed by atoms with Gasteiger partial charge in [0.05, 0.1) is 0 Å². The van der Waals surface area contributed by atoms with Crippen molar-refractivity contribution in [1.82, 2.24) is 15.0 Å². The van der Waals surface area contributed by atoms with Crippen LogP contribution in [0.15, 0.2) is 24.5 Å². The molecule has 0 unspecified atom stereocenters. The SMILES string of the molecule is Cc1nc(Cl)nc(NCc2cccnc2)c1C. The highest BCUT2D eigenvalue weighted by molar-refractivity contribution is 6.28.